The Morgan fingerprint density at radius 3 is 2.42 bits per heavy atom. The first-order chi connectivity index (χ1) is 9.26. The molecule has 0 spiro atoms. The van der Waals surface area contributed by atoms with Crippen LogP contribution in [0.3, 0.4) is 0 Å². The fourth-order valence-corrected chi connectivity index (χ4v) is 2.33. The van der Waals surface area contributed by atoms with Crippen LogP contribution in [0.25, 0.3) is 5.57 Å². The van der Waals surface area contributed by atoms with E-state index in [9.17, 15) is 10.1 Å². The van der Waals surface area contributed by atoms with Crippen molar-refractivity contribution in [2.75, 3.05) is 13.1 Å². The van der Waals surface area contributed by atoms with Gasteiger partial charge in [0.15, 0.2) is 0 Å². The second-order valence-electron chi connectivity index (χ2n) is 4.49. The van der Waals surface area contributed by atoms with E-state index in [1.54, 1.807) is 4.90 Å². The number of likely N-dealkylation sites (tertiary alicyclic amines) is 1. The van der Waals surface area contributed by atoms with E-state index in [2.05, 4.69) is 12.6 Å². The largest absolute Gasteiger partial charge is 0.339 e. The zero-order chi connectivity index (χ0) is 13.7. The van der Waals surface area contributed by atoms with Crippen LogP contribution < -0.4 is 0 Å². The number of carbonyl (C=O) groups is 1. The Morgan fingerprint density at radius 1 is 1.26 bits per heavy atom. The van der Waals surface area contributed by atoms with Gasteiger partial charge in [-0.1, -0.05) is 36.9 Å². The molecule has 0 atom stereocenters. The minimum absolute atomic E-state index is 0.0303. The van der Waals surface area contributed by atoms with Crippen LogP contribution in [0.5, 0.6) is 0 Å². The summed E-state index contributed by atoms with van der Waals surface area (Å²) in [6, 6.07) is 12.0. The molecular formula is C16H16N2O. The Labute approximate surface area is 113 Å². The number of nitriles is 1. The van der Waals surface area contributed by atoms with Gasteiger partial charge >= 0.3 is 0 Å². The van der Waals surface area contributed by atoms with Gasteiger partial charge in [-0.15, -0.1) is 0 Å². The number of benzene rings is 1. The lowest BCUT2D eigenvalue weighted by Gasteiger charge is -2.28. The smallest absolute Gasteiger partial charge is 0.245 e. The number of allylic oxidation sites excluding steroid dienone is 1. The van der Waals surface area contributed by atoms with E-state index in [-0.39, 0.29) is 5.91 Å². The highest BCUT2D eigenvalue weighted by atomic mass is 16.2. The van der Waals surface area contributed by atoms with Crippen molar-refractivity contribution in [1.82, 2.24) is 4.90 Å². The van der Waals surface area contributed by atoms with Gasteiger partial charge in [0.25, 0.3) is 0 Å². The maximum atomic E-state index is 11.5. The lowest BCUT2D eigenvalue weighted by Crippen LogP contribution is -2.35. The zero-order valence-electron chi connectivity index (χ0n) is 10.8. The molecule has 0 unspecified atom stereocenters. The molecule has 0 radical (unpaired) electrons. The molecule has 1 amide bonds. The summed E-state index contributed by atoms with van der Waals surface area (Å²) in [5.41, 5.74) is 2.86. The first-order valence-corrected chi connectivity index (χ1v) is 6.35. The molecule has 0 aliphatic carbocycles. The predicted octanol–water partition coefficient (Wildman–Crippen LogP) is 2.77. The van der Waals surface area contributed by atoms with Crippen molar-refractivity contribution in [3.8, 4) is 6.07 Å². The van der Waals surface area contributed by atoms with Crippen LogP contribution in [0.2, 0.25) is 0 Å². The average Bonchev–Trinajstić information content (AvgIpc) is 2.49. The third-order valence-electron chi connectivity index (χ3n) is 3.38. The van der Waals surface area contributed by atoms with Crippen molar-refractivity contribution in [1.29, 1.82) is 5.26 Å². The Kier molecular flexibility index (Phi) is 4.15. The van der Waals surface area contributed by atoms with Gasteiger partial charge in [-0.25, -0.2) is 0 Å². The average molecular weight is 252 g/mol. The summed E-state index contributed by atoms with van der Waals surface area (Å²) < 4.78 is 0. The fraction of sp³-hybridized carbons (Fsp3) is 0.250. The quantitative estimate of drug-likeness (QED) is 0.600. The molecule has 19 heavy (non-hydrogen) atoms. The van der Waals surface area contributed by atoms with Crippen LogP contribution in [0, 0.1) is 11.3 Å². The molecular weight excluding hydrogens is 236 g/mol. The highest BCUT2D eigenvalue weighted by Gasteiger charge is 2.19. The van der Waals surface area contributed by atoms with Crippen LogP contribution in [-0.2, 0) is 4.79 Å². The number of hydrogen-bond donors (Lipinski definition) is 0. The predicted molar refractivity (Wildman–Crippen MR) is 75.0 cm³/mol. The fourth-order valence-electron chi connectivity index (χ4n) is 2.33. The second kappa shape index (κ2) is 6.01. The lowest BCUT2D eigenvalue weighted by atomic mass is 9.94. The number of nitrogens with zero attached hydrogens (tertiary/aromatic N) is 2. The molecule has 1 aromatic rings. The van der Waals surface area contributed by atoms with E-state index in [4.69, 9.17) is 0 Å². The number of amides is 1. The highest BCUT2D eigenvalue weighted by Crippen LogP contribution is 2.26. The molecule has 0 bridgehead atoms. The second-order valence-corrected chi connectivity index (χ2v) is 4.49. The van der Waals surface area contributed by atoms with Crippen molar-refractivity contribution >= 4 is 11.5 Å². The summed E-state index contributed by atoms with van der Waals surface area (Å²) in [7, 11) is 0. The molecule has 0 N–H and O–H groups in total. The van der Waals surface area contributed by atoms with Gasteiger partial charge in [0.05, 0.1) is 11.6 Å². The van der Waals surface area contributed by atoms with Gasteiger partial charge in [0, 0.05) is 13.1 Å². The van der Waals surface area contributed by atoms with Gasteiger partial charge < -0.3 is 4.90 Å². The Morgan fingerprint density at radius 2 is 1.89 bits per heavy atom. The van der Waals surface area contributed by atoms with Crippen molar-refractivity contribution in [3.63, 3.8) is 0 Å². The third kappa shape index (κ3) is 2.92. The molecule has 1 heterocycles. The molecule has 3 nitrogen and oxygen atoms in total. The minimum Gasteiger partial charge on any atom is -0.339 e. The Bertz CT molecular complexity index is 542. The molecule has 0 saturated carbocycles. The Balaban J connectivity index is 2.18. The summed E-state index contributed by atoms with van der Waals surface area (Å²) >= 11 is 0. The van der Waals surface area contributed by atoms with Gasteiger partial charge in [-0.2, -0.15) is 5.26 Å². The molecule has 3 heteroatoms. The van der Waals surface area contributed by atoms with Gasteiger partial charge in [-0.3, -0.25) is 4.79 Å². The van der Waals surface area contributed by atoms with Gasteiger partial charge in [-0.05, 0) is 30.1 Å². The first kappa shape index (κ1) is 13.1. The number of carbonyl (C=O) groups excluding carboxylic acids is 1. The normalized spacial score (nSPS) is 14.7. The van der Waals surface area contributed by atoms with Crippen LogP contribution in [0.1, 0.15) is 18.4 Å². The molecule has 1 aliphatic heterocycles. The number of rotatable bonds is 2. The topological polar surface area (TPSA) is 44.1 Å². The van der Waals surface area contributed by atoms with Crippen molar-refractivity contribution in [2.24, 2.45) is 0 Å². The molecule has 1 fully saturated rings. The van der Waals surface area contributed by atoms with Crippen LogP contribution in [0.4, 0.5) is 0 Å². The summed E-state index contributed by atoms with van der Waals surface area (Å²) in [4.78, 5) is 13.3. The molecule has 2 rings (SSSR count). The van der Waals surface area contributed by atoms with Crippen molar-refractivity contribution in [2.45, 2.75) is 12.8 Å². The summed E-state index contributed by atoms with van der Waals surface area (Å²) in [5.74, 6) is -0.0303. The molecule has 96 valence electrons. The number of hydrogen-bond acceptors (Lipinski definition) is 2. The van der Waals surface area contributed by atoms with E-state index in [1.165, 1.54) is 6.08 Å². The maximum Gasteiger partial charge on any atom is 0.245 e. The van der Waals surface area contributed by atoms with Crippen LogP contribution in [0.15, 0.2) is 48.6 Å². The molecule has 1 aliphatic rings. The van der Waals surface area contributed by atoms with Gasteiger partial charge in [0.2, 0.25) is 5.91 Å². The molecule has 0 aromatic heterocycles. The van der Waals surface area contributed by atoms with E-state index in [0.29, 0.717) is 13.1 Å². The first-order valence-electron chi connectivity index (χ1n) is 6.35. The zero-order valence-corrected chi connectivity index (χ0v) is 10.8. The van der Waals surface area contributed by atoms with Crippen molar-refractivity contribution < 1.29 is 4.79 Å². The summed E-state index contributed by atoms with van der Waals surface area (Å²) in [6.07, 6.45) is 2.87. The summed E-state index contributed by atoms with van der Waals surface area (Å²) in [6.45, 7) is 4.83. The van der Waals surface area contributed by atoms with E-state index < -0.39 is 0 Å². The third-order valence-corrected chi connectivity index (χ3v) is 3.38. The monoisotopic (exact) mass is 252 g/mol. The standard InChI is InChI=1S/C16H16N2O/c1-2-16(19)18-10-8-14(9-11-18)15(12-17)13-6-4-3-5-7-13/h2-7H,1,8-11H2. The SMILES string of the molecule is C=CC(=O)N1CCC(=C(C#N)c2ccccc2)CC1. The van der Waals surface area contributed by atoms with Gasteiger partial charge in [0.1, 0.15) is 0 Å². The van der Waals surface area contributed by atoms with E-state index >= 15 is 0 Å². The highest BCUT2D eigenvalue weighted by molar-refractivity contribution is 5.87. The minimum atomic E-state index is -0.0303. The van der Waals surface area contributed by atoms with Crippen LogP contribution in [-0.4, -0.2) is 23.9 Å². The molecule has 1 aromatic carbocycles. The van der Waals surface area contributed by atoms with E-state index in [1.807, 2.05) is 30.3 Å². The lowest BCUT2D eigenvalue weighted by molar-refractivity contribution is -0.126. The van der Waals surface area contributed by atoms with E-state index in [0.717, 1.165) is 29.6 Å². The Hall–Kier alpha value is -2.34. The molecule has 1 saturated heterocycles. The summed E-state index contributed by atoms with van der Waals surface area (Å²) in [5, 5.41) is 9.35. The maximum absolute atomic E-state index is 11.5. The van der Waals surface area contributed by atoms with Crippen LogP contribution >= 0.6 is 0 Å². The van der Waals surface area contributed by atoms with Crippen molar-refractivity contribution in [3.05, 3.63) is 54.1 Å². The number of piperidine rings is 1.